The van der Waals surface area contributed by atoms with Crippen LogP contribution in [-0.2, 0) is 0 Å². The van der Waals surface area contributed by atoms with Gasteiger partial charge in [0.25, 0.3) is 0 Å². The molecule has 0 amide bonds. The van der Waals surface area contributed by atoms with Gasteiger partial charge in [-0.15, -0.1) is 0 Å². The maximum absolute atomic E-state index is 4.74. The van der Waals surface area contributed by atoms with Gasteiger partial charge < -0.3 is 5.32 Å². The summed E-state index contributed by atoms with van der Waals surface area (Å²) in [4.78, 5) is 20.0. The predicted molar refractivity (Wildman–Crippen MR) is 140 cm³/mol. The number of anilines is 6. The Balaban J connectivity index is 1.55. The second-order valence-corrected chi connectivity index (χ2v) is 7.44. The van der Waals surface area contributed by atoms with Crippen LogP contribution in [0.2, 0.25) is 0 Å². The summed E-state index contributed by atoms with van der Waals surface area (Å²) < 4.78 is 0. The summed E-state index contributed by atoms with van der Waals surface area (Å²) >= 11 is 0. The zero-order chi connectivity index (χ0) is 23.7. The van der Waals surface area contributed by atoms with Gasteiger partial charge in [0, 0.05) is 35.0 Å². The average Bonchev–Trinajstić information content (AvgIpc) is 2.91. The highest BCUT2D eigenvalue weighted by atomic mass is 15.4. The standard InChI is InChI=1S/C27H22N8/c1-4-12-22(13-5-1)30-25-31-26(34-29-20-21-11-10-18-28-19-21)33-27(32-25)35(23-14-6-2-7-15-23)24-16-8-3-9-17-24/h1-20H,(H2,30,31,32,33,34). The number of rotatable bonds is 8. The molecule has 0 spiro atoms. The van der Waals surface area contributed by atoms with Gasteiger partial charge >= 0.3 is 0 Å². The van der Waals surface area contributed by atoms with Crippen molar-refractivity contribution in [3.63, 3.8) is 0 Å². The van der Waals surface area contributed by atoms with E-state index in [0.717, 1.165) is 22.6 Å². The molecule has 8 nitrogen and oxygen atoms in total. The number of hydrazone groups is 1. The summed E-state index contributed by atoms with van der Waals surface area (Å²) in [5, 5.41) is 7.55. The second kappa shape index (κ2) is 10.7. The van der Waals surface area contributed by atoms with Crippen LogP contribution in [0, 0.1) is 0 Å². The second-order valence-electron chi connectivity index (χ2n) is 7.44. The Bertz CT molecular complexity index is 1340. The number of aromatic nitrogens is 4. The Labute approximate surface area is 203 Å². The minimum Gasteiger partial charge on any atom is -0.324 e. The lowest BCUT2D eigenvalue weighted by Crippen LogP contribution is -2.16. The van der Waals surface area contributed by atoms with E-state index in [-0.39, 0.29) is 0 Å². The third kappa shape index (κ3) is 5.63. The van der Waals surface area contributed by atoms with Crippen LogP contribution in [0.1, 0.15) is 5.56 Å². The van der Waals surface area contributed by atoms with Crippen molar-refractivity contribution in [3.05, 3.63) is 121 Å². The summed E-state index contributed by atoms with van der Waals surface area (Å²) in [7, 11) is 0. The van der Waals surface area contributed by atoms with Gasteiger partial charge in [0.05, 0.1) is 6.21 Å². The van der Waals surface area contributed by atoms with Crippen LogP contribution in [-0.4, -0.2) is 26.2 Å². The number of para-hydroxylation sites is 3. The number of hydrogen-bond acceptors (Lipinski definition) is 8. The van der Waals surface area contributed by atoms with Crippen molar-refractivity contribution in [1.82, 2.24) is 19.9 Å². The maximum atomic E-state index is 4.74. The monoisotopic (exact) mass is 458 g/mol. The van der Waals surface area contributed by atoms with E-state index in [9.17, 15) is 0 Å². The van der Waals surface area contributed by atoms with Crippen LogP contribution < -0.4 is 15.6 Å². The first kappa shape index (κ1) is 21.7. The van der Waals surface area contributed by atoms with Crippen molar-refractivity contribution in [1.29, 1.82) is 0 Å². The van der Waals surface area contributed by atoms with Crippen LogP contribution in [0.3, 0.4) is 0 Å². The first-order chi connectivity index (χ1) is 17.3. The summed E-state index contributed by atoms with van der Waals surface area (Å²) in [6.07, 6.45) is 5.10. The van der Waals surface area contributed by atoms with Crippen molar-refractivity contribution in [2.24, 2.45) is 5.10 Å². The lowest BCUT2D eigenvalue weighted by atomic mass is 10.2. The van der Waals surface area contributed by atoms with Crippen LogP contribution in [0.4, 0.5) is 34.9 Å². The van der Waals surface area contributed by atoms with E-state index in [0.29, 0.717) is 17.8 Å². The molecule has 0 aliphatic carbocycles. The van der Waals surface area contributed by atoms with Gasteiger partial charge in [0.2, 0.25) is 17.8 Å². The number of pyridine rings is 1. The van der Waals surface area contributed by atoms with Crippen molar-refractivity contribution in [3.8, 4) is 0 Å². The van der Waals surface area contributed by atoms with E-state index in [1.165, 1.54) is 0 Å². The first-order valence-corrected chi connectivity index (χ1v) is 11.0. The molecule has 0 aliphatic heterocycles. The third-order valence-corrected chi connectivity index (χ3v) is 4.94. The SMILES string of the molecule is C(=NNc1nc(Nc2ccccc2)nc(N(c2ccccc2)c2ccccc2)n1)c1cccnc1. The Kier molecular flexibility index (Phi) is 6.62. The minimum atomic E-state index is 0.297. The molecule has 0 bridgehead atoms. The molecule has 0 radical (unpaired) electrons. The lowest BCUT2D eigenvalue weighted by Gasteiger charge is -2.23. The Morgan fingerprint density at radius 1 is 0.657 bits per heavy atom. The molecule has 2 N–H and O–H groups in total. The van der Waals surface area contributed by atoms with E-state index >= 15 is 0 Å². The van der Waals surface area contributed by atoms with Crippen molar-refractivity contribution >= 4 is 41.1 Å². The first-order valence-electron chi connectivity index (χ1n) is 11.0. The minimum absolute atomic E-state index is 0.297. The number of hydrogen-bond donors (Lipinski definition) is 2. The molecule has 5 rings (SSSR count). The molecular formula is C27H22N8. The molecule has 5 aromatic rings. The number of nitrogens with one attached hydrogen (secondary N) is 2. The van der Waals surface area contributed by atoms with Crippen LogP contribution in [0.15, 0.2) is 121 Å². The Morgan fingerprint density at radius 2 is 1.29 bits per heavy atom. The van der Waals surface area contributed by atoms with E-state index in [4.69, 9.17) is 4.98 Å². The fourth-order valence-electron chi connectivity index (χ4n) is 3.37. The van der Waals surface area contributed by atoms with Crippen LogP contribution in [0.5, 0.6) is 0 Å². The zero-order valence-corrected chi connectivity index (χ0v) is 18.7. The molecule has 8 heteroatoms. The molecule has 0 saturated carbocycles. The molecule has 35 heavy (non-hydrogen) atoms. The van der Waals surface area contributed by atoms with Crippen LogP contribution >= 0.6 is 0 Å². The molecule has 170 valence electrons. The summed E-state index contributed by atoms with van der Waals surface area (Å²) in [5.41, 5.74) is 6.48. The highest BCUT2D eigenvalue weighted by molar-refractivity contribution is 5.79. The van der Waals surface area contributed by atoms with E-state index in [1.807, 2.05) is 108 Å². The summed E-state index contributed by atoms with van der Waals surface area (Å²) in [5.74, 6) is 1.12. The molecule has 2 heterocycles. The highest BCUT2D eigenvalue weighted by Gasteiger charge is 2.17. The molecule has 0 aliphatic rings. The molecule has 0 saturated heterocycles. The van der Waals surface area contributed by atoms with Crippen LogP contribution in [0.25, 0.3) is 0 Å². The third-order valence-electron chi connectivity index (χ3n) is 4.94. The predicted octanol–water partition coefficient (Wildman–Crippen LogP) is 5.93. The zero-order valence-electron chi connectivity index (χ0n) is 18.7. The van der Waals surface area contributed by atoms with Crippen molar-refractivity contribution < 1.29 is 0 Å². The van der Waals surface area contributed by atoms with Gasteiger partial charge in [0.15, 0.2) is 0 Å². The topological polar surface area (TPSA) is 91.2 Å². The van der Waals surface area contributed by atoms with Gasteiger partial charge in [-0.3, -0.25) is 9.88 Å². The number of benzene rings is 3. The van der Waals surface area contributed by atoms with E-state index in [2.05, 4.69) is 30.8 Å². The largest absolute Gasteiger partial charge is 0.324 e. The fourth-order valence-corrected chi connectivity index (χ4v) is 3.37. The van der Waals surface area contributed by atoms with Gasteiger partial charge in [-0.2, -0.15) is 20.1 Å². The normalized spacial score (nSPS) is 10.7. The van der Waals surface area contributed by atoms with Crippen molar-refractivity contribution in [2.45, 2.75) is 0 Å². The molecule has 2 aromatic heterocycles. The smallest absolute Gasteiger partial charge is 0.250 e. The Morgan fingerprint density at radius 3 is 1.91 bits per heavy atom. The fraction of sp³-hybridized carbons (Fsp3) is 0. The van der Waals surface area contributed by atoms with Gasteiger partial charge in [-0.05, 0) is 42.5 Å². The lowest BCUT2D eigenvalue weighted by molar-refractivity contribution is 1.00. The summed E-state index contributed by atoms with van der Waals surface area (Å²) in [6, 6.07) is 33.4. The molecule has 0 fully saturated rings. The maximum Gasteiger partial charge on any atom is 0.250 e. The van der Waals surface area contributed by atoms with E-state index in [1.54, 1.807) is 18.6 Å². The molecule has 3 aromatic carbocycles. The van der Waals surface area contributed by atoms with Gasteiger partial charge in [-0.25, -0.2) is 5.43 Å². The van der Waals surface area contributed by atoms with E-state index < -0.39 is 0 Å². The Hall–Kier alpha value is -5.11. The summed E-state index contributed by atoms with van der Waals surface area (Å²) in [6.45, 7) is 0. The quantitative estimate of drug-likeness (QED) is 0.220. The van der Waals surface area contributed by atoms with Crippen molar-refractivity contribution in [2.75, 3.05) is 15.6 Å². The average molecular weight is 459 g/mol. The molecular weight excluding hydrogens is 436 g/mol. The van der Waals surface area contributed by atoms with Gasteiger partial charge in [-0.1, -0.05) is 60.7 Å². The number of nitrogens with zero attached hydrogens (tertiary/aromatic N) is 6. The molecule has 0 unspecified atom stereocenters. The molecule has 0 atom stereocenters. The highest BCUT2D eigenvalue weighted by Crippen LogP contribution is 2.32. The van der Waals surface area contributed by atoms with Gasteiger partial charge in [0.1, 0.15) is 0 Å².